The van der Waals surface area contributed by atoms with Crippen molar-refractivity contribution in [2.24, 2.45) is 0 Å². The highest BCUT2D eigenvalue weighted by atomic mass is 16.5. The molecule has 1 saturated heterocycles. The van der Waals surface area contributed by atoms with Gasteiger partial charge in [-0.2, -0.15) is 0 Å². The van der Waals surface area contributed by atoms with Crippen LogP contribution in [0.15, 0.2) is 0 Å². The minimum Gasteiger partial charge on any atom is -0.480 e. The second kappa shape index (κ2) is 6.98. The zero-order valence-electron chi connectivity index (χ0n) is 10.6. The first-order valence-electron chi connectivity index (χ1n) is 6.24. The number of carbonyl (C=O) groups excluding carboxylic acids is 2. The van der Waals surface area contributed by atoms with Crippen LogP contribution in [0, 0.1) is 0 Å². The lowest BCUT2D eigenvalue weighted by molar-refractivity contribution is -0.153. The van der Waals surface area contributed by atoms with Gasteiger partial charge in [0, 0.05) is 13.0 Å². The Bertz CT molecular complexity index is 328. The first kappa shape index (κ1) is 14.5. The number of piperidine rings is 1. The third-order valence-corrected chi connectivity index (χ3v) is 2.96. The number of hydrogen-bond donors (Lipinski definition) is 1. The molecule has 1 amide bonds. The summed E-state index contributed by atoms with van der Waals surface area (Å²) in [6.07, 6.45) is 2.14. The lowest BCUT2D eigenvalue weighted by Crippen LogP contribution is -2.48. The number of nitrogens with zero attached hydrogens (tertiary/aromatic N) is 1. The second-order valence-electron chi connectivity index (χ2n) is 4.24. The van der Waals surface area contributed by atoms with Crippen LogP contribution in [0.5, 0.6) is 0 Å². The van der Waals surface area contributed by atoms with Crippen LogP contribution in [-0.2, 0) is 19.1 Å². The summed E-state index contributed by atoms with van der Waals surface area (Å²) in [5, 5.41) is 9.03. The van der Waals surface area contributed by atoms with Gasteiger partial charge in [-0.25, -0.2) is 4.79 Å². The molecule has 1 N–H and O–H groups in total. The maximum Gasteiger partial charge on any atom is 0.326 e. The van der Waals surface area contributed by atoms with Crippen LogP contribution in [0.4, 0.5) is 0 Å². The number of esters is 1. The average molecular weight is 257 g/mol. The topological polar surface area (TPSA) is 83.9 Å². The van der Waals surface area contributed by atoms with Crippen LogP contribution < -0.4 is 0 Å². The monoisotopic (exact) mass is 257 g/mol. The Balaban J connectivity index is 2.48. The van der Waals surface area contributed by atoms with Gasteiger partial charge in [0.25, 0.3) is 0 Å². The summed E-state index contributed by atoms with van der Waals surface area (Å²) >= 11 is 0. The molecule has 102 valence electrons. The Morgan fingerprint density at radius 3 is 2.61 bits per heavy atom. The smallest absolute Gasteiger partial charge is 0.326 e. The molecule has 0 aromatic heterocycles. The molecule has 6 heteroatoms. The van der Waals surface area contributed by atoms with Gasteiger partial charge in [-0.3, -0.25) is 9.59 Å². The van der Waals surface area contributed by atoms with Crippen molar-refractivity contribution < 1.29 is 24.2 Å². The number of rotatable bonds is 5. The van der Waals surface area contributed by atoms with E-state index >= 15 is 0 Å². The number of amides is 1. The molecule has 1 heterocycles. The van der Waals surface area contributed by atoms with Gasteiger partial charge in [-0.15, -0.1) is 0 Å². The van der Waals surface area contributed by atoms with Gasteiger partial charge in [-0.05, 0) is 26.2 Å². The van der Waals surface area contributed by atoms with Gasteiger partial charge in [0.2, 0.25) is 5.91 Å². The molecule has 18 heavy (non-hydrogen) atoms. The summed E-state index contributed by atoms with van der Waals surface area (Å²) in [6.45, 7) is 2.44. The van der Waals surface area contributed by atoms with E-state index in [1.807, 2.05) is 0 Å². The van der Waals surface area contributed by atoms with E-state index < -0.39 is 18.0 Å². The third-order valence-electron chi connectivity index (χ3n) is 2.96. The lowest BCUT2D eigenvalue weighted by Gasteiger charge is -2.32. The zero-order valence-corrected chi connectivity index (χ0v) is 10.6. The molecule has 0 aromatic carbocycles. The molecule has 0 aromatic rings. The Hall–Kier alpha value is -1.59. The maximum atomic E-state index is 11.9. The maximum absolute atomic E-state index is 11.9. The van der Waals surface area contributed by atoms with E-state index in [-0.39, 0.29) is 25.4 Å². The summed E-state index contributed by atoms with van der Waals surface area (Å²) in [7, 11) is 0. The van der Waals surface area contributed by atoms with E-state index in [0.717, 1.165) is 12.8 Å². The largest absolute Gasteiger partial charge is 0.480 e. The van der Waals surface area contributed by atoms with E-state index in [2.05, 4.69) is 0 Å². The molecular formula is C12H19NO5. The molecule has 0 radical (unpaired) electrons. The number of carboxylic acids is 1. The number of aliphatic carboxylic acids is 1. The first-order valence-corrected chi connectivity index (χ1v) is 6.24. The predicted octanol–water partition coefficient (Wildman–Crippen LogP) is 0.795. The van der Waals surface area contributed by atoms with E-state index in [9.17, 15) is 14.4 Å². The van der Waals surface area contributed by atoms with Gasteiger partial charge in [-0.1, -0.05) is 0 Å². The highest BCUT2D eigenvalue weighted by Crippen LogP contribution is 2.18. The van der Waals surface area contributed by atoms with Crippen LogP contribution in [0.25, 0.3) is 0 Å². The average Bonchev–Trinajstić information content (AvgIpc) is 2.36. The number of carboxylic acid groups (broad SMARTS) is 1. The normalized spacial score (nSPS) is 19.4. The van der Waals surface area contributed by atoms with Crippen LogP contribution in [0.2, 0.25) is 0 Å². The molecular weight excluding hydrogens is 238 g/mol. The van der Waals surface area contributed by atoms with Crippen molar-refractivity contribution in [3.8, 4) is 0 Å². The number of likely N-dealkylation sites (tertiary alicyclic amines) is 1. The lowest BCUT2D eigenvalue weighted by atomic mass is 10.0. The van der Waals surface area contributed by atoms with Crippen molar-refractivity contribution >= 4 is 17.8 Å². The fraction of sp³-hybridized carbons (Fsp3) is 0.750. The zero-order chi connectivity index (χ0) is 13.5. The van der Waals surface area contributed by atoms with Gasteiger partial charge in [0.15, 0.2) is 0 Å². The van der Waals surface area contributed by atoms with Crippen LogP contribution in [-0.4, -0.2) is 47.0 Å². The van der Waals surface area contributed by atoms with Crippen molar-refractivity contribution in [1.82, 2.24) is 4.90 Å². The molecule has 1 aliphatic rings. The Kier molecular flexibility index (Phi) is 5.61. The van der Waals surface area contributed by atoms with Crippen molar-refractivity contribution in [3.05, 3.63) is 0 Å². The third kappa shape index (κ3) is 4.01. The van der Waals surface area contributed by atoms with E-state index in [1.165, 1.54) is 4.90 Å². The molecule has 6 nitrogen and oxygen atoms in total. The Morgan fingerprint density at radius 1 is 1.28 bits per heavy atom. The van der Waals surface area contributed by atoms with Crippen LogP contribution in [0.3, 0.4) is 0 Å². The van der Waals surface area contributed by atoms with Gasteiger partial charge in [0.05, 0.1) is 13.0 Å². The van der Waals surface area contributed by atoms with E-state index in [1.54, 1.807) is 6.92 Å². The molecule has 0 spiro atoms. The standard InChI is InChI=1S/C12H19NO5/c1-2-18-11(15)7-6-10(14)13-8-4-3-5-9(13)12(16)17/h9H,2-8H2,1H3,(H,16,17). The number of carbonyl (C=O) groups is 3. The minimum absolute atomic E-state index is 0.00944. The summed E-state index contributed by atoms with van der Waals surface area (Å²) in [6, 6.07) is -0.742. The summed E-state index contributed by atoms with van der Waals surface area (Å²) in [5.74, 6) is -1.68. The number of hydrogen-bond acceptors (Lipinski definition) is 4. The fourth-order valence-corrected chi connectivity index (χ4v) is 2.07. The van der Waals surface area contributed by atoms with Crippen molar-refractivity contribution in [1.29, 1.82) is 0 Å². The molecule has 0 saturated carbocycles. The van der Waals surface area contributed by atoms with E-state index in [4.69, 9.17) is 9.84 Å². The molecule has 0 bridgehead atoms. The number of ether oxygens (including phenoxy) is 1. The van der Waals surface area contributed by atoms with Crippen LogP contribution in [0.1, 0.15) is 39.0 Å². The highest BCUT2D eigenvalue weighted by molar-refractivity contribution is 5.86. The Morgan fingerprint density at radius 2 is 2.00 bits per heavy atom. The quantitative estimate of drug-likeness (QED) is 0.736. The molecule has 0 aliphatic carbocycles. The molecule has 1 aliphatic heterocycles. The summed E-state index contributed by atoms with van der Waals surface area (Å²) in [4.78, 5) is 35.4. The van der Waals surface area contributed by atoms with Crippen LogP contribution >= 0.6 is 0 Å². The second-order valence-corrected chi connectivity index (χ2v) is 4.24. The minimum atomic E-state index is -0.973. The van der Waals surface area contributed by atoms with Crippen molar-refractivity contribution in [2.45, 2.75) is 45.1 Å². The molecule has 1 fully saturated rings. The van der Waals surface area contributed by atoms with E-state index in [0.29, 0.717) is 13.0 Å². The predicted molar refractivity (Wildman–Crippen MR) is 62.9 cm³/mol. The van der Waals surface area contributed by atoms with Crippen molar-refractivity contribution in [3.63, 3.8) is 0 Å². The highest BCUT2D eigenvalue weighted by Gasteiger charge is 2.31. The summed E-state index contributed by atoms with van der Waals surface area (Å²) < 4.78 is 4.73. The van der Waals surface area contributed by atoms with Gasteiger partial charge >= 0.3 is 11.9 Å². The Labute approximate surface area is 106 Å². The first-order chi connectivity index (χ1) is 8.56. The summed E-state index contributed by atoms with van der Waals surface area (Å²) in [5.41, 5.74) is 0. The van der Waals surface area contributed by atoms with Gasteiger partial charge < -0.3 is 14.7 Å². The van der Waals surface area contributed by atoms with Crippen molar-refractivity contribution in [2.75, 3.05) is 13.2 Å². The van der Waals surface area contributed by atoms with Gasteiger partial charge in [0.1, 0.15) is 6.04 Å². The SMILES string of the molecule is CCOC(=O)CCC(=O)N1CCCCC1C(=O)O. The fourth-order valence-electron chi connectivity index (χ4n) is 2.07. The molecule has 1 unspecified atom stereocenters. The molecule has 1 rings (SSSR count). The molecule has 1 atom stereocenters.